The Morgan fingerprint density at radius 1 is 1.00 bits per heavy atom. The third-order valence-electron chi connectivity index (χ3n) is 2.68. The van der Waals surface area contributed by atoms with Gasteiger partial charge in [0.25, 0.3) is 0 Å². The Morgan fingerprint density at radius 2 is 1.69 bits per heavy atom. The van der Waals surface area contributed by atoms with Gasteiger partial charge in [-0.05, 0) is 37.1 Å². The third-order valence-corrected chi connectivity index (χ3v) is 4.64. The molecule has 0 aliphatic rings. The zero-order valence-corrected chi connectivity index (χ0v) is 11.4. The van der Waals surface area contributed by atoms with Gasteiger partial charge in [0.2, 0.25) is 0 Å². The highest BCUT2D eigenvalue weighted by atomic mass is 31.1. The van der Waals surface area contributed by atoms with Crippen LogP contribution in [0.4, 0.5) is 0 Å². The van der Waals surface area contributed by atoms with Crippen LogP contribution in [0.25, 0.3) is 0 Å². The quantitative estimate of drug-likeness (QED) is 0.480. The van der Waals surface area contributed by atoms with Gasteiger partial charge in [0.1, 0.15) is 0 Å². The molecule has 1 rings (SSSR count). The maximum atomic E-state index is 5.84. The first-order valence-corrected chi connectivity index (χ1v) is 7.91. The molecular weight excluding hydrogens is 215 g/mol. The fourth-order valence-electron chi connectivity index (χ4n) is 1.68. The molecule has 0 spiro atoms. The minimum Gasteiger partial charge on any atom is -0.359 e. The van der Waals surface area contributed by atoms with Gasteiger partial charge < -0.3 is 4.52 Å². The first-order valence-electron chi connectivity index (χ1n) is 6.28. The van der Waals surface area contributed by atoms with Crippen LogP contribution in [-0.4, -0.2) is 18.9 Å². The number of rotatable bonds is 8. The average Bonchev–Trinajstić information content (AvgIpc) is 2.35. The molecule has 0 N–H and O–H groups in total. The maximum Gasteiger partial charge on any atom is 0.0509 e. The number of hydrogen-bond acceptors (Lipinski definition) is 1. The monoisotopic (exact) mass is 238 g/mol. The molecule has 0 aliphatic heterocycles. The smallest absolute Gasteiger partial charge is 0.0509 e. The van der Waals surface area contributed by atoms with Crippen molar-refractivity contribution in [1.29, 1.82) is 0 Å². The number of unbranched alkanes of at least 4 members (excludes halogenated alkanes) is 1. The Balaban J connectivity index is 2.04. The zero-order valence-electron chi connectivity index (χ0n) is 10.5. The molecule has 0 radical (unpaired) electrons. The second-order valence-electron chi connectivity index (χ2n) is 3.89. The highest BCUT2D eigenvalue weighted by Gasteiger charge is 2.01. The van der Waals surface area contributed by atoms with Crippen molar-refractivity contribution in [3.8, 4) is 0 Å². The highest BCUT2D eigenvalue weighted by Crippen LogP contribution is 2.35. The van der Waals surface area contributed by atoms with Gasteiger partial charge in [-0.2, -0.15) is 0 Å². The summed E-state index contributed by atoms with van der Waals surface area (Å²) in [5, 5.41) is 0. The molecule has 0 saturated carbocycles. The summed E-state index contributed by atoms with van der Waals surface area (Å²) in [7, 11) is -0.127. The maximum absolute atomic E-state index is 5.84. The molecule has 2 heteroatoms. The predicted octanol–water partition coefficient (Wildman–Crippen LogP) is 4.46. The Kier molecular flexibility index (Phi) is 7.46. The van der Waals surface area contributed by atoms with E-state index >= 15 is 0 Å². The van der Waals surface area contributed by atoms with E-state index in [0.29, 0.717) is 0 Å². The summed E-state index contributed by atoms with van der Waals surface area (Å²) < 4.78 is 5.84. The van der Waals surface area contributed by atoms with Crippen molar-refractivity contribution < 1.29 is 4.52 Å². The van der Waals surface area contributed by atoms with Crippen molar-refractivity contribution in [2.45, 2.75) is 33.1 Å². The minimum atomic E-state index is -0.127. The summed E-state index contributed by atoms with van der Waals surface area (Å²) in [6.07, 6.45) is 6.00. The van der Waals surface area contributed by atoms with E-state index in [1.54, 1.807) is 0 Å². The molecule has 0 aliphatic carbocycles. The van der Waals surface area contributed by atoms with Crippen molar-refractivity contribution in [1.82, 2.24) is 0 Å². The minimum absolute atomic E-state index is 0.127. The second-order valence-corrected chi connectivity index (χ2v) is 6.38. The van der Waals surface area contributed by atoms with Crippen molar-refractivity contribution in [2.24, 2.45) is 0 Å². The fraction of sp³-hybridized carbons (Fsp3) is 0.571. The van der Waals surface area contributed by atoms with Gasteiger partial charge in [0, 0.05) is 8.15 Å². The molecule has 0 bridgehead atoms. The molecule has 1 aromatic rings. The molecular formula is C14H23OP. The number of benzene rings is 1. The van der Waals surface area contributed by atoms with Crippen LogP contribution in [0.3, 0.4) is 0 Å². The van der Waals surface area contributed by atoms with Crippen LogP contribution in [0.5, 0.6) is 0 Å². The summed E-state index contributed by atoms with van der Waals surface area (Å²) in [5.41, 5.74) is 1.44. The summed E-state index contributed by atoms with van der Waals surface area (Å²) >= 11 is 0. The van der Waals surface area contributed by atoms with E-state index in [0.717, 1.165) is 6.61 Å². The SMILES string of the molecule is CCP(CC)OCCCCc1ccccc1. The molecule has 0 saturated heterocycles. The summed E-state index contributed by atoms with van der Waals surface area (Å²) in [6, 6.07) is 10.7. The van der Waals surface area contributed by atoms with E-state index in [4.69, 9.17) is 4.52 Å². The molecule has 0 aromatic heterocycles. The Hall–Kier alpha value is -0.390. The summed E-state index contributed by atoms with van der Waals surface area (Å²) in [5.74, 6) is 0. The van der Waals surface area contributed by atoms with Crippen LogP contribution in [0, 0.1) is 0 Å². The van der Waals surface area contributed by atoms with Crippen LogP contribution >= 0.6 is 8.15 Å². The first-order chi connectivity index (χ1) is 7.86. The van der Waals surface area contributed by atoms with E-state index in [9.17, 15) is 0 Å². The van der Waals surface area contributed by atoms with Gasteiger partial charge in [0.05, 0.1) is 6.61 Å². The lowest BCUT2D eigenvalue weighted by molar-refractivity contribution is 0.339. The highest BCUT2D eigenvalue weighted by molar-refractivity contribution is 7.52. The van der Waals surface area contributed by atoms with Gasteiger partial charge in [-0.3, -0.25) is 0 Å². The molecule has 1 nitrogen and oxygen atoms in total. The van der Waals surface area contributed by atoms with Crippen LogP contribution in [0.15, 0.2) is 30.3 Å². The molecule has 0 fully saturated rings. The van der Waals surface area contributed by atoms with Crippen LogP contribution in [0.1, 0.15) is 32.3 Å². The van der Waals surface area contributed by atoms with Gasteiger partial charge in [-0.1, -0.05) is 44.2 Å². The van der Waals surface area contributed by atoms with Crippen LogP contribution in [0.2, 0.25) is 0 Å². The van der Waals surface area contributed by atoms with Gasteiger partial charge in [-0.25, -0.2) is 0 Å². The molecule has 0 amide bonds. The molecule has 0 atom stereocenters. The lowest BCUT2D eigenvalue weighted by Crippen LogP contribution is -1.95. The normalized spacial score (nSPS) is 10.9. The van der Waals surface area contributed by atoms with Crippen LogP contribution in [-0.2, 0) is 10.9 Å². The van der Waals surface area contributed by atoms with E-state index in [-0.39, 0.29) is 8.15 Å². The lowest BCUT2D eigenvalue weighted by atomic mass is 10.1. The predicted molar refractivity (Wildman–Crippen MR) is 73.3 cm³/mol. The van der Waals surface area contributed by atoms with E-state index < -0.39 is 0 Å². The van der Waals surface area contributed by atoms with Crippen LogP contribution < -0.4 is 0 Å². The molecule has 16 heavy (non-hydrogen) atoms. The number of aryl methyl sites for hydroxylation is 1. The van der Waals surface area contributed by atoms with Crippen molar-refractivity contribution >= 4 is 8.15 Å². The Labute approximate surface area is 101 Å². The van der Waals surface area contributed by atoms with Gasteiger partial charge in [-0.15, -0.1) is 0 Å². The molecule has 0 unspecified atom stereocenters. The molecule has 90 valence electrons. The lowest BCUT2D eigenvalue weighted by Gasteiger charge is -2.13. The zero-order chi connectivity index (χ0) is 11.6. The van der Waals surface area contributed by atoms with Gasteiger partial charge >= 0.3 is 0 Å². The third kappa shape index (κ3) is 5.63. The van der Waals surface area contributed by atoms with Gasteiger partial charge in [0.15, 0.2) is 0 Å². The largest absolute Gasteiger partial charge is 0.359 e. The Bertz CT molecular complexity index is 257. The Morgan fingerprint density at radius 3 is 2.31 bits per heavy atom. The summed E-state index contributed by atoms with van der Waals surface area (Å²) in [4.78, 5) is 0. The van der Waals surface area contributed by atoms with E-state index in [1.165, 1.54) is 37.1 Å². The van der Waals surface area contributed by atoms with E-state index in [2.05, 4.69) is 44.2 Å². The number of hydrogen-bond donors (Lipinski definition) is 0. The van der Waals surface area contributed by atoms with Crippen molar-refractivity contribution in [3.05, 3.63) is 35.9 Å². The fourth-order valence-corrected chi connectivity index (χ4v) is 2.88. The molecule has 0 heterocycles. The topological polar surface area (TPSA) is 9.23 Å². The first kappa shape index (κ1) is 13.7. The van der Waals surface area contributed by atoms with Crippen molar-refractivity contribution in [2.75, 3.05) is 18.9 Å². The standard InChI is InChI=1S/C14H23OP/c1-3-16(4-2)15-13-9-8-12-14-10-6-5-7-11-14/h5-7,10-11H,3-4,8-9,12-13H2,1-2H3. The second kappa shape index (κ2) is 8.73. The average molecular weight is 238 g/mol. The van der Waals surface area contributed by atoms with E-state index in [1.807, 2.05) is 0 Å². The summed E-state index contributed by atoms with van der Waals surface area (Å²) in [6.45, 7) is 5.39. The van der Waals surface area contributed by atoms with Crippen molar-refractivity contribution in [3.63, 3.8) is 0 Å². The molecule has 1 aromatic carbocycles.